The van der Waals surface area contributed by atoms with Crippen molar-refractivity contribution in [2.45, 2.75) is 116 Å². The Bertz CT molecular complexity index is 418. The van der Waals surface area contributed by atoms with Crippen molar-refractivity contribution in [2.75, 3.05) is 6.61 Å². The van der Waals surface area contributed by atoms with Crippen molar-refractivity contribution in [3.8, 4) is 0 Å². The highest BCUT2D eigenvalue weighted by Crippen LogP contribution is 2.40. The van der Waals surface area contributed by atoms with Crippen LogP contribution in [0.5, 0.6) is 0 Å². The number of alkyl halides is 3. The summed E-state index contributed by atoms with van der Waals surface area (Å²) in [4.78, 5) is 0. The van der Waals surface area contributed by atoms with Crippen molar-refractivity contribution >= 4 is 0 Å². The lowest BCUT2D eigenvalue weighted by Crippen LogP contribution is -2.31. The fourth-order valence-electron chi connectivity index (χ4n) is 5.04. The number of halogens is 3. The van der Waals surface area contributed by atoms with E-state index in [1.165, 1.54) is 44.9 Å². The van der Waals surface area contributed by atoms with Crippen molar-refractivity contribution < 1.29 is 17.9 Å². The minimum atomic E-state index is -4.27. The lowest BCUT2D eigenvalue weighted by Gasteiger charge is -2.35. The molecule has 2 saturated carbocycles. The van der Waals surface area contributed by atoms with Gasteiger partial charge in [0.15, 0.2) is 6.10 Å². The second-order valence-electron chi connectivity index (χ2n) is 9.05. The van der Waals surface area contributed by atoms with E-state index in [0.717, 1.165) is 56.8 Å². The van der Waals surface area contributed by atoms with E-state index < -0.39 is 12.3 Å². The number of unbranched alkanes of at least 4 members (excludes halogenated alkanes) is 4. The Labute approximate surface area is 170 Å². The van der Waals surface area contributed by atoms with Crippen molar-refractivity contribution in [1.82, 2.24) is 0 Å². The van der Waals surface area contributed by atoms with E-state index in [1.807, 2.05) is 6.08 Å². The number of hydrogen-bond donors (Lipinski definition) is 0. The fourth-order valence-corrected chi connectivity index (χ4v) is 5.04. The minimum absolute atomic E-state index is 0.0407. The van der Waals surface area contributed by atoms with Crippen molar-refractivity contribution in [3.05, 3.63) is 12.2 Å². The summed E-state index contributed by atoms with van der Waals surface area (Å²) in [5.74, 6) is 2.24. The van der Waals surface area contributed by atoms with Gasteiger partial charge in [0, 0.05) is 13.0 Å². The summed E-state index contributed by atoms with van der Waals surface area (Å²) in [6.45, 7) is 2.35. The van der Waals surface area contributed by atoms with Gasteiger partial charge >= 0.3 is 6.18 Å². The zero-order valence-electron chi connectivity index (χ0n) is 17.8. The maximum absolute atomic E-state index is 13.2. The van der Waals surface area contributed by atoms with Crippen LogP contribution in [0.25, 0.3) is 0 Å². The van der Waals surface area contributed by atoms with Crippen LogP contribution in [0.1, 0.15) is 103 Å². The molecule has 0 aromatic carbocycles. The lowest BCUT2D eigenvalue weighted by atomic mass is 9.71. The van der Waals surface area contributed by atoms with E-state index in [2.05, 4.69) is 6.92 Å². The number of allylic oxidation sites excluding steroid dienone is 1. The van der Waals surface area contributed by atoms with Crippen LogP contribution < -0.4 is 0 Å². The van der Waals surface area contributed by atoms with Crippen LogP contribution >= 0.6 is 0 Å². The Morgan fingerprint density at radius 1 is 0.857 bits per heavy atom. The van der Waals surface area contributed by atoms with Crippen LogP contribution in [0.4, 0.5) is 13.2 Å². The van der Waals surface area contributed by atoms with Gasteiger partial charge in [-0.15, -0.1) is 0 Å². The Morgan fingerprint density at radius 2 is 1.50 bits per heavy atom. The molecule has 0 spiro atoms. The standard InChI is InChI=1S/C24H41F3O/c1-2-3-4-5-9-19-28-23(24(25,26)27)14-10-11-20-15-17-22(18-16-20)21-12-7-6-8-13-21/h10-11,20-23H,2-9,12-19H2,1H3/t20-,22-,23?. The molecule has 1 unspecified atom stereocenters. The Morgan fingerprint density at radius 3 is 2.14 bits per heavy atom. The topological polar surface area (TPSA) is 9.23 Å². The molecule has 2 aliphatic rings. The maximum Gasteiger partial charge on any atom is 0.414 e. The van der Waals surface area contributed by atoms with E-state index >= 15 is 0 Å². The van der Waals surface area contributed by atoms with Crippen LogP contribution in [0.15, 0.2) is 12.2 Å². The van der Waals surface area contributed by atoms with Crippen LogP contribution in [0, 0.1) is 17.8 Å². The second-order valence-corrected chi connectivity index (χ2v) is 9.05. The molecule has 0 amide bonds. The van der Waals surface area contributed by atoms with E-state index in [4.69, 9.17) is 4.74 Å². The van der Waals surface area contributed by atoms with Crippen LogP contribution in [0.2, 0.25) is 0 Å². The van der Waals surface area contributed by atoms with Gasteiger partial charge in [-0.1, -0.05) is 76.9 Å². The molecule has 2 fully saturated rings. The molecule has 0 saturated heterocycles. The third-order valence-corrected chi connectivity index (χ3v) is 6.82. The predicted octanol–water partition coefficient (Wildman–Crippen LogP) is 8.24. The molecule has 0 radical (unpaired) electrons. The van der Waals surface area contributed by atoms with Gasteiger partial charge in [0.1, 0.15) is 0 Å². The molecule has 0 aromatic heterocycles. The molecule has 0 bridgehead atoms. The van der Waals surface area contributed by atoms with Gasteiger partial charge in [0.2, 0.25) is 0 Å². The van der Waals surface area contributed by atoms with Crippen LogP contribution in [-0.2, 0) is 4.74 Å². The smallest absolute Gasteiger partial charge is 0.368 e. The van der Waals surface area contributed by atoms with Crippen molar-refractivity contribution in [2.24, 2.45) is 17.8 Å². The third kappa shape index (κ3) is 8.88. The van der Waals surface area contributed by atoms with E-state index in [0.29, 0.717) is 5.92 Å². The highest BCUT2D eigenvalue weighted by molar-refractivity contribution is 4.94. The van der Waals surface area contributed by atoms with Crippen LogP contribution in [-0.4, -0.2) is 18.9 Å². The highest BCUT2D eigenvalue weighted by Gasteiger charge is 2.39. The molecule has 164 valence electrons. The number of rotatable bonds is 11. The highest BCUT2D eigenvalue weighted by atomic mass is 19.4. The first-order valence-electron chi connectivity index (χ1n) is 11.9. The molecule has 2 aliphatic carbocycles. The quantitative estimate of drug-likeness (QED) is 0.250. The average molecular weight is 403 g/mol. The second kappa shape index (κ2) is 12.9. The summed E-state index contributed by atoms with van der Waals surface area (Å²) in [7, 11) is 0. The summed E-state index contributed by atoms with van der Waals surface area (Å²) in [6.07, 6.45) is 14.7. The third-order valence-electron chi connectivity index (χ3n) is 6.82. The summed E-state index contributed by atoms with van der Waals surface area (Å²) < 4.78 is 44.8. The van der Waals surface area contributed by atoms with Gasteiger partial charge in [0.05, 0.1) is 0 Å². The molecule has 1 atom stereocenters. The summed E-state index contributed by atoms with van der Waals surface area (Å²) >= 11 is 0. The first kappa shape index (κ1) is 23.8. The lowest BCUT2D eigenvalue weighted by molar-refractivity contribution is -0.219. The minimum Gasteiger partial charge on any atom is -0.368 e. The molecule has 0 aromatic rings. The van der Waals surface area contributed by atoms with Gasteiger partial charge in [-0.05, 0) is 49.9 Å². The Hall–Kier alpha value is -0.510. The number of ether oxygens (including phenoxy) is 1. The number of hydrogen-bond acceptors (Lipinski definition) is 1. The maximum atomic E-state index is 13.2. The molecule has 0 aliphatic heterocycles. The average Bonchev–Trinajstić information content (AvgIpc) is 2.69. The Balaban J connectivity index is 1.66. The summed E-state index contributed by atoms with van der Waals surface area (Å²) in [5, 5.41) is 0. The Kier molecular flexibility index (Phi) is 11.0. The van der Waals surface area contributed by atoms with E-state index in [9.17, 15) is 13.2 Å². The molecule has 4 heteroatoms. The predicted molar refractivity (Wildman–Crippen MR) is 110 cm³/mol. The molecular weight excluding hydrogens is 361 g/mol. The van der Waals surface area contributed by atoms with E-state index in [-0.39, 0.29) is 13.0 Å². The monoisotopic (exact) mass is 402 g/mol. The van der Waals surface area contributed by atoms with Crippen LogP contribution in [0.3, 0.4) is 0 Å². The van der Waals surface area contributed by atoms with Gasteiger partial charge in [-0.25, -0.2) is 0 Å². The molecule has 1 nitrogen and oxygen atoms in total. The van der Waals surface area contributed by atoms with Gasteiger partial charge in [-0.3, -0.25) is 0 Å². The fraction of sp³-hybridized carbons (Fsp3) is 0.917. The summed E-state index contributed by atoms with van der Waals surface area (Å²) in [5.41, 5.74) is 0. The molecule has 0 heterocycles. The molecule has 0 N–H and O–H groups in total. The summed E-state index contributed by atoms with van der Waals surface area (Å²) in [6, 6.07) is 0. The van der Waals surface area contributed by atoms with Gasteiger partial charge in [0.25, 0.3) is 0 Å². The largest absolute Gasteiger partial charge is 0.414 e. The SMILES string of the molecule is CCCCCCCOC(CC=C[C@H]1CC[C@H](C2CCCCC2)CC1)C(F)(F)F. The molecule has 28 heavy (non-hydrogen) atoms. The zero-order valence-corrected chi connectivity index (χ0v) is 17.8. The normalized spacial score (nSPS) is 26.0. The first-order chi connectivity index (χ1) is 13.5. The van der Waals surface area contributed by atoms with E-state index in [1.54, 1.807) is 6.08 Å². The van der Waals surface area contributed by atoms with Crippen molar-refractivity contribution in [3.63, 3.8) is 0 Å². The first-order valence-corrected chi connectivity index (χ1v) is 11.9. The zero-order chi connectivity index (χ0) is 20.2. The molecular formula is C24H41F3O. The van der Waals surface area contributed by atoms with Gasteiger partial charge < -0.3 is 4.74 Å². The molecule has 2 rings (SSSR count). The van der Waals surface area contributed by atoms with Gasteiger partial charge in [-0.2, -0.15) is 13.2 Å². The van der Waals surface area contributed by atoms with Crippen molar-refractivity contribution in [1.29, 1.82) is 0 Å².